The number of hydrogen-bond donors (Lipinski definition) is 1. The fourth-order valence-corrected chi connectivity index (χ4v) is 2.69. The summed E-state index contributed by atoms with van der Waals surface area (Å²) in [4.78, 5) is 0. The molecule has 1 aliphatic heterocycles. The van der Waals surface area contributed by atoms with Gasteiger partial charge in [-0.05, 0) is 49.5 Å². The minimum Gasteiger partial charge on any atom is -0.493 e. The summed E-state index contributed by atoms with van der Waals surface area (Å²) >= 11 is 0. The van der Waals surface area contributed by atoms with Gasteiger partial charge in [0.2, 0.25) is 0 Å². The third-order valence-corrected chi connectivity index (χ3v) is 3.70. The van der Waals surface area contributed by atoms with Crippen LogP contribution in [-0.4, -0.2) is 19.7 Å². The van der Waals surface area contributed by atoms with Gasteiger partial charge in [-0.3, -0.25) is 0 Å². The molecular weight excluding hydrogens is 186 g/mol. The maximum Gasteiger partial charge on any atom is 0.119 e. The molecule has 2 heteroatoms. The molecule has 1 saturated heterocycles. The lowest BCUT2D eigenvalue weighted by atomic mass is 10.2. The van der Waals surface area contributed by atoms with E-state index in [1.54, 1.807) is 0 Å². The number of piperidine rings is 1. The van der Waals surface area contributed by atoms with E-state index in [4.69, 9.17) is 4.74 Å². The van der Waals surface area contributed by atoms with Gasteiger partial charge in [-0.25, -0.2) is 0 Å². The van der Waals surface area contributed by atoms with E-state index in [9.17, 15) is 0 Å². The fraction of sp³-hybridized carbons (Fsp3) is 0.538. The molecule has 2 fully saturated rings. The highest BCUT2D eigenvalue weighted by Crippen LogP contribution is 2.48. The molecule has 2 unspecified atom stereocenters. The van der Waals surface area contributed by atoms with Crippen LogP contribution in [-0.2, 0) is 0 Å². The molecule has 0 radical (unpaired) electrons. The van der Waals surface area contributed by atoms with Crippen LogP contribution in [0.1, 0.15) is 5.56 Å². The van der Waals surface area contributed by atoms with Crippen LogP contribution in [0.3, 0.4) is 0 Å². The molecule has 0 bridgehead atoms. The molecule has 1 heterocycles. The van der Waals surface area contributed by atoms with Crippen LogP contribution in [0.2, 0.25) is 0 Å². The maximum absolute atomic E-state index is 5.82. The first-order valence-corrected chi connectivity index (χ1v) is 5.75. The minimum absolute atomic E-state index is 0.812. The van der Waals surface area contributed by atoms with E-state index in [1.807, 2.05) is 6.07 Å². The normalized spacial score (nSPS) is 32.5. The van der Waals surface area contributed by atoms with Crippen LogP contribution in [0.4, 0.5) is 0 Å². The Labute approximate surface area is 90.6 Å². The monoisotopic (exact) mass is 203 g/mol. The molecule has 0 amide bonds. The van der Waals surface area contributed by atoms with Crippen LogP contribution in [0.15, 0.2) is 24.3 Å². The zero-order valence-corrected chi connectivity index (χ0v) is 9.07. The number of hydrogen-bond acceptors (Lipinski definition) is 2. The quantitative estimate of drug-likeness (QED) is 0.809. The third kappa shape index (κ3) is 1.74. The molecule has 1 aromatic rings. The van der Waals surface area contributed by atoms with Gasteiger partial charge in [-0.2, -0.15) is 0 Å². The molecule has 0 aromatic heterocycles. The van der Waals surface area contributed by atoms with Gasteiger partial charge in [0.1, 0.15) is 5.75 Å². The first kappa shape index (κ1) is 9.22. The zero-order valence-electron chi connectivity index (χ0n) is 9.07. The van der Waals surface area contributed by atoms with Gasteiger partial charge in [-0.15, -0.1) is 0 Å². The molecule has 1 aliphatic carbocycles. The molecule has 1 N–H and O–H groups in total. The predicted molar refractivity (Wildman–Crippen MR) is 60.0 cm³/mol. The van der Waals surface area contributed by atoms with Crippen molar-refractivity contribution in [2.24, 2.45) is 17.8 Å². The number of nitrogens with one attached hydrogen (secondary N) is 1. The maximum atomic E-state index is 5.82. The van der Waals surface area contributed by atoms with Gasteiger partial charge in [0, 0.05) is 5.92 Å². The van der Waals surface area contributed by atoms with Crippen molar-refractivity contribution < 1.29 is 4.74 Å². The average Bonchev–Trinajstić information content (AvgIpc) is 2.69. The molecule has 2 atom stereocenters. The SMILES string of the molecule is Cc1cccc(OCC2C3CNCC32)c1. The van der Waals surface area contributed by atoms with E-state index in [-0.39, 0.29) is 0 Å². The van der Waals surface area contributed by atoms with Crippen molar-refractivity contribution in [3.8, 4) is 5.75 Å². The summed E-state index contributed by atoms with van der Waals surface area (Å²) in [7, 11) is 0. The topological polar surface area (TPSA) is 21.3 Å². The van der Waals surface area contributed by atoms with E-state index in [0.717, 1.165) is 30.1 Å². The van der Waals surface area contributed by atoms with Crippen LogP contribution < -0.4 is 10.1 Å². The Bertz CT molecular complexity index is 353. The molecular formula is C13H17NO. The standard InChI is InChI=1S/C13H17NO/c1-9-3-2-4-10(5-9)15-8-13-11-6-14-7-12(11)13/h2-5,11-14H,6-8H2,1H3. The summed E-state index contributed by atoms with van der Waals surface area (Å²) < 4.78 is 5.82. The molecule has 0 spiro atoms. The van der Waals surface area contributed by atoms with Crippen molar-refractivity contribution in [2.45, 2.75) is 6.92 Å². The van der Waals surface area contributed by atoms with Crippen LogP contribution in [0.25, 0.3) is 0 Å². The van der Waals surface area contributed by atoms with Gasteiger partial charge in [0.05, 0.1) is 6.61 Å². The minimum atomic E-state index is 0.812. The third-order valence-electron chi connectivity index (χ3n) is 3.70. The van der Waals surface area contributed by atoms with Crippen LogP contribution in [0.5, 0.6) is 5.75 Å². The largest absolute Gasteiger partial charge is 0.493 e. The summed E-state index contributed by atoms with van der Waals surface area (Å²) in [5.74, 6) is 3.63. The molecule has 1 saturated carbocycles. The van der Waals surface area contributed by atoms with Crippen molar-refractivity contribution >= 4 is 0 Å². The van der Waals surface area contributed by atoms with E-state index in [1.165, 1.54) is 18.7 Å². The predicted octanol–water partition coefficient (Wildman–Crippen LogP) is 1.84. The second-order valence-corrected chi connectivity index (χ2v) is 4.78. The Morgan fingerprint density at radius 2 is 2.13 bits per heavy atom. The molecule has 2 aliphatic rings. The lowest BCUT2D eigenvalue weighted by Gasteiger charge is -2.08. The number of benzene rings is 1. The van der Waals surface area contributed by atoms with Crippen molar-refractivity contribution in [3.05, 3.63) is 29.8 Å². The van der Waals surface area contributed by atoms with Crippen molar-refractivity contribution in [3.63, 3.8) is 0 Å². The van der Waals surface area contributed by atoms with Gasteiger partial charge >= 0.3 is 0 Å². The van der Waals surface area contributed by atoms with E-state index < -0.39 is 0 Å². The number of aryl methyl sites for hydroxylation is 1. The highest BCUT2D eigenvalue weighted by molar-refractivity contribution is 5.27. The van der Waals surface area contributed by atoms with Crippen LogP contribution in [0, 0.1) is 24.7 Å². The summed E-state index contributed by atoms with van der Waals surface area (Å²) in [6.07, 6.45) is 0. The van der Waals surface area contributed by atoms with E-state index in [0.29, 0.717) is 0 Å². The number of fused-ring (bicyclic) bond motifs is 1. The number of ether oxygens (including phenoxy) is 1. The summed E-state index contributed by atoms with van der Waals surface area (Å²) in [5.41, 5.74) is 1.27. The van der Waals surface area contributed by atoms with Crippen molar-refractivity contribution in [1.82, 2.24) is 5.32 Å². The Hall–Kier alpha value is -1.02. The molecule has 1 aromatic carbocycles. The van der Waals surface area contributed by atoms with E-state index >= 15 is 0 Å². The summed E-state index contributed by atoms with van der Waals surface area (Å²) in [6.45, 7) is 5.40. The summed E-state index contributed by atoms with van der Waals surface area (Å²) in [5, 5.41) is 3.40. The smallest absolute Gasteiger partial charge is 0.119 e. The van der Waals surface area contributed by atoms with Crippen molar-refractivity contribution in [1.29, 1.82) is 0 Å². The average molecular weight is 203 g/mol. The lowest BCUT2D eigenvalue weighted by molar-refractivity contribution is 0.280. The molecule has 3 rings (SSSR count). The summed E-state index contributed by atoms with van der Waals surface area (Å²) in [6, 6.07) is 8.31. The van der Waals surface area contributed by atoms with E-state index in [2.05, 4.69) is 30.4 Å². The first-order chi connectivity index (χ1) is 7.34. The Kier molecular flexibility index (Phi) is 2.17. The van der Waals surface area contributed by atoms with Gasteiger partial charge in [0.25, 0.3) is 0 Å². The van der Waals surface area contributed by atoms with Gasteiger partial charge < -0.3 is 10.1 Å². The Morgan fingerprint density at radius 1 is 1.33 bits per heavy atom. The lowest BCUT2D eigenvalue weighted by Crippen LogP contribution is -2.17. The highest BCUT2D eigenvalue weighted by atomic mass is 16.5. The first-order valence-electron chi connectivity index (χ1n) is 5.75. The van der Waals surface area contributed by atoms with Gasteiger partial charge in [0.15, 0.2) is 0 Å². The Balaban J connectivity index is 1.54. The fourth-order valence-electron chi connectivity index (χ4n) is 2.69. The highest BCUT2D eigenvalue weighted by Gasteiger charge is 2.52. The van der Waals surface area contributed by atoms with Crippen molar-refractivity contribution in [2.75, 3.05) is 19.7 Å². The number of rotatable bonds is 3. The molecule has 2 nitrogen and oxygen atoms in total. The second-order valence-electron chi connectivity index (χ2n) is 4.78. The van der Waals surface area contributed by atoms with Crippen LogP contribution >= 0.6 is 0 Å². The zero-order chi connectivity index (χ0) is 10.3. The van der Waals surface area contributed by atoms with Gasteiger partial charge in [-0.1, -0.05) is 12.1 Å². The molecule has 80 valence electrons. The second kappa shape index (κ2) is 3.53. The Morgan fingerprint density at radius 3 is 2.87 bits per heavy atom. The molecule has 15 heavy (non-hydrogen) atoms.